The molecule has 1 unspecified atom stereocenters. The fourth-order valence-electron chi connectivity index (χ4n) is 2.91. The van der Waals surface area contributed by atoms with Crippen LogP contribution in [0.3, 0.4) is 0 Å². The number of anilines is 1. The monoisotopic (exact) mass is 277 g/mol. The largest absolute Gasteiger partial charge is 0.453 e. The number of fused-ring (bicyclic) bond motifs is 2. The highest BCUT2D eigenvalue weighted by molar-refractivity contribution is 6.03. The second kappa shape index (κ2) is 4.48. The third kappa shape index (κ3) is 2.02. The third-order valence-electron chi connectivity index (χ3n) is 4.00. The average molecular weight is 277 g/mol. The van der Waals surface area contributed by atoms with Crippen LogP contribution in [-0.2, 0) is 6.42 Å². The summed E-state index contributed by atoms with van der Waals surface area (Å²) in [4.78, 5) is 12.6. The number of carbonyl (C=O) groups is 1. The van der Waals surface area contributed by atoms with E-state index in [0.717, 1.165) is 22.2 Å². The topological polar surface area (TPSA) is 42.2 Å². The predicted molar refractivity (Wildman–Crippen MR) is 82.8 cm³/mol. The SMILES string of the molecule is Cc1ccc2oc(C(=O)C3Cc4ccccc4N3)cc2c1. The Bertz CT molecular complexity index is 822. The van der Waals surface area contributed by atoms with Crippen molar-refractivity contribution in [2.24, 2.45) is 0 Å². The Morgan fingerprint density at radius 3 is 2.90 bits per heavy atom. The number of para-hydroxylation sites is 1. The molecule has 1 N–H and O–H groups in total. The van der Waals surface area contributed by atoms with Gasteiger partial charge >= 0.3 is 0 Å². The number of aryl methyl sites for hydroxylation is 1. The van der Waals surface area contributed by atoms with Gasteiger partial charge in [0.1, 0.15) is 5.58 Å². The highest BCUT2D eigenvalue weighted by Gasteiger charge is 2.29. The molecule has 0 aliphatic carbocycles. The summed E-state index contributed by atoms with van der Waals surface area (Å²) in [5, 5.41) is 4.26. The van der Waals surface area contributed by atoms with Crippen molar-refractivity contribution in [1.29, 1.82) is 0 Å². The zero-order valence-electron chi connectivity index (χ0n) is 11.7. The van der Waals surface area contributed by atoms with Gasteiger partial charge in [0.15, 0.2) is 5.76 Å². The molecule has 0 spiro atoms. The Morgan fingerprint density at radius 1 is 1.19 bits per heavy atom. The number of benzene rings is 2. The molecule has 2 aromatic carbocycles. The van der Waals surface area contributed by atoms with Crippen LogP contribution in [0.4, 0.5) is 5.69 Å². The van der Waals surface area contributed by atoms with Gasteiger partial charge in [0.05, 0.1) is 6.04 Å². The Hall–Kier alpha value is -2.55. The Labute approximate surface area is 122 Å². The molecule has 4 rings (SSSR count). The molecule has 1 aliphatic heterocycles. The normalized spacial score (nSPS) is 16.7. The van der Waals surface area contributed by atoms with Gasteiger partial charge in [0.25, 0.3) is 0 Å². The molecule has 2 heterocycles. The van der Waals surface area contributed by atoms with Crippen LogP contribution in [-0.4, -0.2) is 11.8 Å². The van der Waals surface area contributed by atoms with Gasteiger partial charge in [-0.15, -0.1) is 0 Å². The maximum atomic E-state index is 12.6. The molecule has 104 valence electrons. The fraction of sp³-hybridized carbons (Fsp3) is 0.167. The second-order valence-corrected chi connectivity index (χ2v) is 5.57. The summed E-state index contributed by atoms with van der Waals surface area (Å²) in [6, 6.07) is 15.6. The zero-order valence-corrected chi connectivity index (χ0v) is 11.7. The number of furan rings is 1. The van der Waals surface area contributed by atoms with Gasteiger partial charge in [-0.1, -0.05) is 29.8 Å². The van der Waals surface area contributed by atoms with Crippen LogP contribution >= 0.6 is 0 Å². The lowest BCUT2D eigenvalue weighted by molar-refractivity contribution is 0.0947. The van der Waals surface area contributed by atoms with Crippen molar-refractivity contribution in [3.8, 4) is 0 Å². The van der Waals surface area contributed by atoms with E-state index in [-0.39, 0.29) is 11.8 Å². The molecule has 3 aromatic rings. The van der Waals surface area contributed by atoms with Crippen molar-refractivity contribution in [1.82, 2.24) is 0 Å². The summed E-state index contributed by atoms with van der Waals surface area (Å²) in [5.74, 6) is 0.445. The molecule has 0 fully saturated rings. The van der Waals surface area contributed by atoms with E-state index in [1.54, 1.807) is 0 Å². The Balaban J connectivity index is 1.65. The van der Waals surface area contributed by atoms with Crippen molar-refractivity contribution in [3.63, 3.8) is 0 Å². The van der Waals surface area contributed by atoms with E-state index in [1.807, 2.05) is 49.4 Å². The van der Waals surface area contributed by atoms with Crippen molar-refractivity contribution >= 4 is 22.4 Å². The van der Waals surface area contributed by atoms with Crippen molar-refractivity contribution < 1.29 is 9.21 Å². The van der Waals surface area contributed by atoms with Crippen LogP contribution in [0, 0.1) is 6.92 Å². The summed E-state index contributed by atoms with van der Waals surface area (Å²) in [5.41, 5.74) is 4.15. The highest BCUT2D eigenvalue weighted by atomic mass is 16.3. The maximum absolute atomic E-state index is 12.6. The first-order valence-corrected chi connectivity index (χ1v) is 7.09. The van der Waals surface area contributed by atoms with Gasteiger partial charge in [-0.2, -0.15) is 0 Å². The molecule has 0 amide bonds. The summed E-state index contributed by atoms with van der Waals surface area (Å²) in [7, 11) is 0. The number of hydrogen-bond donors (Lipinski definition) is 1. The second-order valence-electron chi connectivity index (χ2n) is 5.57. The lowest BCUT2D eigenvalue weighted by Crippen LogP contribution is -2.26. The number of carbonyl (C=O) groups excluding carboxylic acids is 1. The highest BCUT2D eigenvalue weighted by Crippen LogP contribution is 2.28. The summed E-state index contributed by atoms with van der Waals surface area (Å²) < 4.78 is 5.71. The van der Waals surface area contributed by atoms with Gasteiger partial charge in [-0.3, -0.25) is 4.79 Å². The van der Waals surface area contributed by atoms with Crippen LogP contribution in [0.15, 0.2) is 52.9 Å². The lowest BCUT2D eigenvalue weighted by atomic mass is 10.1. The van der Waals surface area contributed by atoms with Gasteiger partial charge in [-0.25, -0.2) is 0 Å². The van der Waals surface area contributed by atoms with Gasteiger partial charge in [-0.05, 0) is 36.8 Å². The fourth-order valence-corrected chi connectivity index (χ4v) is 2.91. The van der Waals surface area contributed by atoms with Gasteiger partial charge in [0.2, 0.25) is 5.78 Å². The number of nitrogens with one attached hydrogen (secondary N) is 1. The summed E-state index contributed by atoms with van der Waals surface area (Å²) >= 11 is 0. The quantitative estimate of drug-likeness (QED) is 0.721. The molecule has 0 saturated carbocycles. The van der Waals surface area contributed by atoms with E-state index < -0.39 is 0 Å². The summed E-state index contributed by atoms with van der Waals surface area (Å²) in [6.45, 7) is 2.03. The number of rotatable bonds is 2. The van der Waals surface area contributed by atoms with Gasteiger partial charge in [0, 0.05) is 17.5 Å². The first-order chi connectivity index (χ1) is 10.2. The van der Waals surface area contributed by atoms with Gasteiger partial charge < -0.3 is 9.73 Å². The molecule has 3 heteroatoms. The molecule has 1 aliphatic rings. The van der Waals surface area contributed by atoms with Crippen molar-refractivity contribution in [3.05, 3.63) is 65.4 Å². The molecule has 0 radical (unpaired) electrons. The minimum atomic E-state index is -0.232. The van der Waals surface area contributed by atoms with Crippen LogP contribution in [0.1, 0.15) is 21.7 Å². The molecular formula is C18H15NO2. The first kappa shape index (κ1) is 12.2. The van der Waals surface area contributed by atoms with E-state index in [0.29, 0.717) is 12.2 Å². The van der Waals surface area contributed by atoms with Crippen LogP contribution in [0.2, 0.25) is 0 Å². The van der Waals surface area contributed by atoms with E-state index in [1.165, 1.54) is 5.56 Å². The third-order valence-corrected chi connectivity index (χ3v) is 4.00. The molecule has 3 nitrogen and oxygen atoms in total. The van der Waals surface area contributed by atoms with E-state index in [2.05, 4.69) is 11.4 Å². The van der Waals surface area contributed by atoms with E-state index >= 15 is 0 Å². The Morgan fingerprint density at radius 2 is 2.05 bits per heavy atom. The van der Waals surface area contributed by atoms with Crippen LogP contribution in [0.25, 0.3) is 11.0 Å². The van der Waals surface area contributed by atoms with Crippen molar-refractivity contribution in [2.45, 2.75) is 19.4 Å². The molecule has 21 heavy (non-hydrogen) atoms. The van der Waals surface area contributed by atoms with E-state index in [9.17, 15) is 4.79 Å². The molecule has 0 saturated heterocycles. The lowest BCUT2D eigenvalue weighted by Gasteiger charge is -2.07. The minimum Gasteiger partial charge on any atom is -0.453 e. The van der Waals surface area contributed by atoms with Crippen LogP contribution < -0.4 is 5.32 Å². The molecule has 1 atom stereocenters. The minimum absolute atomic E-state index is 0.0139. The zero-order chi connectivity index (χ0) is 14.4. The molecule has 0 bridgehead atoms. The predicted octanol–water partition coefficient (Wildman–Crippen LogP) is 3.96. The summed E-state index contributed by atoms with van der Waals surface area (Å²) in [6.07, 6.45) is 0.713. The number of Topliss-reactive ketones (excluding diaryl/α,β-unsaturated/α-hetero) is 1. The number of hydrogen-bond acceptors (Lipinski definition) is 3. The maximum Gasteiger partial charge on any atom is 0.220 e. The smallest absolute Gasteiger partial charge is 0.220 e. The Kier molecular flexibility index (Phi) is 2.61. The standard InChI is InChI=1S/C18H15NO2/c1-11-6-7-16-13(8-11)10-17(21-16)18(20)15-9-12-4-2-3-5-14(12)19-15/h2-8,10,15,19H,9H2,1H3. The first-order valence-electron chi connectivity index (χ1n) is 7.09. The van der Waals surface area contributed by atoms with Crippen LogP contribution in [0.5, 0.6) is 0 Å². The van der Waals surface area contributed by atoms with E-state index in [4.69, 9.17) is 4.42 Å². The molecular weight excluding hydrogens is 262 g/mol. The molecule has 1 aromatic heterocycles. The van der Waals surface area contributed by atoms with Crippen molar-refractivity contribution in [2.75, 3.05) is 5.32 Å². The number of ketones is 1. The average Bonchev–Trinajstić information content (AvgIpc) is 3.09.